The quantitative estimate of drug-likeness (QED) is 0.497. The molecule has 2 rings (SSSR count). The van der Waals surface area contributed by atoms with Gasteiger partial charge in [-0.25, -0.2) is 0 Å². The molecule has 2 aromatic carbocycles. The first-order valence-electron chi connectivity index (χ1n) is 6.73. The molecule has 4 heteroatoms. The Balaban J connectivity index is 1.97. The molecule has 0 bridgehead atoms. The number of ether oxygens (including phenoxy) is 1. The Morgan fingerprint density at radius 3 is 2.52 bits per heavy atom. The second-order valence-corrected chi connectivity index (χ2v) is 5.45. The van der Waals surface area contributed by atoms with Crippen LogP contribution in [-0.2, 0) is 13.0 Å². The van der Waals surface area contributed by atoms with Crippen molar-refractivity contribution in [3.63, 3.8) is 0 Å². The van der Waals surface area contributed by atoms with Crippen molar-refractivity contribution in [3.05, 3.63) is 64.2 Å². The van der Waals surface area contributed by atoms with Gasteiger partial charge >= 0.3 is 0 Å². The van der Waals surface area contributed by atoms with E-state index in [2.05, 4.69) is 5.16 Å². The molecule has 0 atom stereocenters. The zero-order valence-corrected chi connectivity index (χ0v) is 12.9. The SMILES string of the molecule is C/C(Cc1ccc(OCc2ccc(C)cc2Cl)cc1)=N/O. The molecule has 0 spiro atoms. The fourth-order valence-electron chi connectivity index (χ4n) is 1.96. The maximum Gasteiger partial charge on any atom is 0.119 e. The third kappa shape index (κ3) is 4.50. The van der Waals surface area contributed by atoms with Crippen LogP contribution >= 0.6 is 11.6 Å². The van der Waals surface area contributed by atoms with Crippen molar-refractivity contribution in [2.75, 3.05) is 0 Å². The first-order chi connectivity index (χ1) is 10.1. The molecule has 110 valence electrons. The maximum atomic E-state index is 8.66. The highest BCUT2D eigenvalue weighted by atomic mass is 35.5. The Morgan fingerprint density at radius 1 is 1.19 bits per heavy atom. The number of hydrogen-bond donors (Lipinski definition) is 1. The average molecular weight is 304 g/mol. The van der Waals surface area contributed by atoms with E-state index in [4.69, 9.17) is 21.5 Å². The van der Waals surface area contributed by atoms with E-state index in [0.29, 0.717) is 18.7 Å². The number of benzene rings is 2. The number of halogens is 1. The molecule has 0 aliphatic carbocycles. The minimum Gasteiger partial charge on any atom is -0.489 e. The molecule has 0 saturated carbocycles. The van der Waals surface area contributed by atoms with E-state index in [1.807, 2.05) is 49.4 Å². The second-order valence-electron chi connectivity index (χ2n) is 5.04. The molecule has 21 heavy (non-hydrogen) atoms. The Hall–Kier alpha value is -2.00. The van der Waals surface area contributed by atoms with E-state index < -0.39 is 0 Å². The second kappa shape index (κ2) is 7.14. The van der Waals surface area contributed by atoms with Crippen LogP contribution in [0.2, 0.25) is 5.02 Å². The fraction of sp³-hybridized carbons (Fsp3) is 0.235. The molecular weight excluding hydrogens is 286 g/mol. The van der Waals surface area contributed by atoms with Gasteiger partial charge in [-0.1, -0.05) is 41.0 Å². The molecule has 0 aromatic heterocycles. The summed E-state index contributed by atoms with van der Waals surface area (Å²) in [5.74, 6) is 0.786. The zero-order valence-electron chi connectivity index (χ0n) is 12.1. The predicted octanol–water partition coefficient (Wildman–Crippen LogP) is 4.62. The number of aryl methyl sites for hydroxylation is 1. The van der Waals surface area contributed by atoms with Gasteiger partial charge in [0.15, 0.2) is 0 Å². The molecule has 0 heterocycles. The van der Waals surface area contributed by atoms with E-state index in [9.17, 15) is 0 Å². The first-order valence-corrected chi connectivity index (χ1v) is 7.10. The van der Waals surface area contributed by atoms with Gasteiger partial charge in [-0.2, -0.15) is 0 Å². The van der Waals surface area contributed by atoms with Gasteiger partial charge in [0.2, 0.25) is 0 Å². The van der Waals surface area contributed by atoms with Crippen molar-refractivity contribution < 1.29 is 9.94 Å². The Kier molecular flexibility index (Phi) is 5.23. The van der Waals surface area contributed by atoms with E-state index in [-0.39, 0.29) is 0 Å². The third-order valence-corrected chi connectivity index (χ3v) is 3.51. The van der Waals surface area contributed by atoms with Crippen LogP contribution in [0.15, 0.2) is 47.6 Å². The lowest BCUT2D eigenvalue weighted by molar-refractivity contribution is 0.306. The van der Waals surface area contributed by atoms with Crippen LogP contribution < -0.4 is 4.74 Å². The normalized spacial score (nSPS) is 11.5. The van der Waals surface area contributed by atoms with Crippen LogP contribution in [-0.4, -0.2) is 10.9 Å². The van der Waals surface area contributed by atoms with Gasteiger partial charge in [0.1, 0.15) is 12.4 Å². The Morgan fingerprint density at radius 2 is 1.90 bits per heavy atom. The molecule has 0 amide bonds. The summed E-state index contributed by atoms with van der Waals surface area (Å²) in [5.41, 5.74) is 3.85. The molecule has 3 nitrogen and oxygen atoms in total. The van der Waals surface area contributed by atoms with Crippen molar-refractivity contribution >= 4 is 17.3 Å². The summed E-state index contributed by atoms with van der Waals surface area (Å²) in [7, 11) is 0. The van der Waals surface area contributed by atoms with Crippen molar-refractivity contribution in [1.29, 1.82) is 0 Å². The summed E-state index contributed by atoms with van der Waals surface area (Å²) in [6.45, 7) is 4.23. The molecule has 0 unspecified atom stereocenters. The van der Waals surface area contributed by atoms with Gasteiger partial charge in [0.05, 0.1) is 5.71 Å². The number of nitrogens with zero attached hydrogens (tertiary/aromatic N) is 1. The number of oxime groups is 1. The summed E-state index contributed by atoms with van der Waals surface area (Å²) in [5, 5.41) is 12.6. The average Bonchev–Trinajstić information content (AvgIpc) is 2.48. The summed E-state index contributed by atoms with van der Waals surface area (Å²) in [6.07, 6.45) is 0.626. The molecule has 0 saturated heterocycles. The number of hydrogen-bond acceptors (Lipinski definition) is 3. The number of rotatable bonds is 5. The van der Waals surface area contributed by atoms with Gasteiger partial charge in [-0.05, 0) is 43.2 Å². The summed E-state index contributed by atoms with van der Waals surface area (Å²) >= 11 is 6.18. The van der Waals surface area contributed by atoms with Crippen LogP contribution in [0.25, 0.3) is 0 Å². The van der Waals surface area contributed by atoms with Crippen molar-refractivity contribution in [2.45, 2.75) is 26.9 Å². The molecule has 1 N–H and O–H groups in total. The summed E-state index contributed by atoms with van der Waals surface area (Å²) < 4.78 is 5.73. The first kappa shape index (κ1) is 15.4. The van der Waals surface area contributed by atoms with E-state index in [1.54, 1.807) is 6.92 Å². The van der Waals surface area contributed by atoms with Crippen LogP contribution in [0.4, 0.5) is 0 Å². The summed E-state index contributed by atoms with van der Waals surface area (Å²) in [4.78, 5) is 0. The highest BCUT2D eigenvalue weighted by molar-refractivity contribution is 6.31. The van der Waals surface area contributed by atoms with E-state index in [1.165, 1.54) is 0 Å². The molecule has 2 aromatic rings. The highest BCUT2D eigenvalue weighted by Gasteiger charge is 2.03. The minimum absolute atomic E-state index is 0.440. The lowest BCUT2D eigenvalue weighted by Gasteiger charge is -2.09. The smallest absolute Gasteiger partial charge is 0.119 e. The van der Waals surface area contributed by atoms with Crippen LogP contribution in [0, 0.1) is 6.92 Å². The Bertz CT molecular complexity index is 636. The minimum atomic E-state index is 0.440. The van der Waals surface area contributed by atoms with Crippen LogP contribution in [0.1, 0.15) is 23.6 Å². The lowest BCUT2D eigenvalue weighted by Crippen LogP contribution is -1.99. The van der Waals surface area contributed by atoms with E-state index in [0.717, 1.165) is 27.5 Å². The van der Waals surface area contributed by atoms with Crippen LogP contribution in [0.3, 0.4) is 0 Å². The fourth-order valence-corrected chi connectivity index (χ4v) is 2.25. The van der Waals surface area contributed by atoms with Gasteiger partial charge in [-0.3, -0.25) is 0 Å². The highest BCUT2D eigenvalue weighted by Crippen LogP contribution is 2.20. The van der Waals surface area contributed by atoms with E-state index >= 15 is 0 Å². The molecule has 0 radical (unpaired) electrons. The predicted molar refractivity (Wildman–Crippen MR) is 85.6 cm³/mol. The molecule has 0 aliphatic rings. The van der Waals surface area contributed by atoms with Gasteiger partial charge in [0, 0.05) is 17.0 Å². The standard InChI is InChI=1S/C17H18ClNO2/c1-12-3-6-15(17(18)9-12)11-21-16-7-4-14(5-8-16)10-13(2)19-20/h3-9,20H,10-11H2,1-2H3/b19-13-. The van der Waals surface area contributed by atoms with Gasteiger partial charge in [-0.15, -0.1) is 0 Å². The largest absolute Gasteiger partial charge is 0.489 e. The van der Waals surface area contributed by atoms with Crippen LogP contribution in [0.5, 0.6) is 5.75 Å². The van der Waals surface area contributed by atoms with Crippen molar-refractivity contribution in [1.82, 2.24) is 0 Å². The van der Waals surface area contributed by atoms with Crippen molar-refractivity contribution in [3.8, 4) is 5.75 Å². The monoisotopic (exact) mass is 303 g/mol. The third-order valence-electron chi connectivity index (χ3n) is 3.16. The zero-order chi connectivity index (χ0) is 15.2. The molecule has 0 aliphatic heterocycles. The maximum absolute atomic E-state index is 8.66. The van der Waals surface area contributed by atoms with Gasteiger partial charge < -0.3 is 9.94 Å². The molecular formula is C17H18ClNO2. The topological polar surface area (TPSA) is 41.8 Å². The summed E-state index contributed by atoms with van der Waals surface area (Å²) in [6, 6.07) is 13.7. The molecule has 0 fully saturated rings. The lowest BCUT2D eigenvalue weighted by atomic mass is 10.1. The Labute approximate surface area is 129 Å². The van der Waals surface area contributed by atoms with Crippen molar-refractivity contribution in [2.24, 2.45) is 5.16 Å². The van der Waals surface area contributed by atoms with Gasteiger partial charge in [0.25, 0.3) is 0 Å².